The third kappa shape index (κ3) is 2.37. The molecule has 1 heterocycles. The summed E-state index contributed by atoms with van der Waals surface area (Å²) in [6.45, 7) is 5.54. The molecule has 7 nitrogen and oxygen atoms in total. The van der Waals surface area contributed by atoms with E-state index in [1.165, 1.54) is 22.9 Å². The van der Waals surface area contributed by atoms with Gasteiger partial charge in [0.15, 0.2) is 5.69 Å². The Labute approximate surface area is 121 Å². The van der Waals surface area contributed by atoms with Gasteiger partial charge in [0.05, 0.1) is 16.2 Å². The van der Waals surface area contributed by atoms with Crippen molar-refractivity contribution in [2.75, 3.05) is 0 Å². The van der Waals surface area contributed by atoms with Crippen LogP contribution in [0.15, 0.2) is 18.2 Å². The van der Waals surface area contributed by atoms with Crippen molar-refractivity contribution in [1.29, 1.82) is 0 Å². The highest BCUT2D eigenvalue weighted by molar-refractivity contribution is 5.94. The topological polar surface area (TPSA) is 98.3 Å². The number of rotatable bonds is 4. The summed E-state index contributed by atoms with van der Waals surface area (Å²) in [6.07, 6.45) is 0.723. The van der Waals surface area contributed by atoms with E-state index in [0.29, 0.717) is 5.69 Å². The van der Waals surface area contributed by atoms with Crippen LogP contribution in [0, 0.1) is 24.0 Å². The Balaban J connectivity index is 2.84. The smallest absolute Gasteiger partial charge is 0.338 e. The fraction of sp³-hybridized carbons (Fsp3) is 0.286. The largest absolute Gasteiger partial charge is 0.478 e. The highest BCUT2D eigenvalue weighted by Crippen LogP contribution is 2.29. The van der Waals surface area contributed by atoms with E-state index < -0.39 is 10.9 Å². The van der Waals surface area contributed by atoms with Crippen LogP contribution < -0.4 is 0 Å². The summed E-state index contributed by atoms with van der Waals surface area (Å²) < 4.78 is 1.36. The number of aromatic carboxylic acids is 1. The number of benzene rings is 1. The number of hydrogen-bond acceptors (Lipinski definition) is 4. The molecule has 0 aliphatic carbocycles. The van der Waals surface area contributed by atoms with Gasteiger partial charge in [0.25, 0.3) is 5.69 Å². The highest BCUT2D eigenvalue weighted by Gasteiger charge is 2.26. The van der Waals surface area contributed by atoms with E-state index in [2.05, 4.69) is 5.10 Å². The maximum atomic E-state index is 11.4. The van der Waals surface area contributed by atoms with Crippen LogP contribution in [-0.4, -0.2) is 25.8 Å². The first-order valence-electron chi connectivity index (χ1n) is 6.44. The quantitative estimate of drug-likeness (QED) is 0.689. The Morgan fingerprint density at radius 3 is 2.57 bits per heavy atom. The summed E-state index contributed by atoms with van der Waals surface area (Å²) >= 11 is 0. The third-order valence-electron chi connectivity index (χ3n) is 3.45. The van der Waals surface area contributed by atoms with Crippen LogP contribution in [-0.2, 0) is 6.42 Å². The minimum atomic E-state index is -1.22. The predicted molar refractivity (Wildman–Crippen MR) is 76.0 cm³/mol. The molecule has 0 atom stereocenters. The molecule has 0 aliphatic rings. The van der Waals surface area contributed by atoms with Gasteiger partial charge in [-0.3, -0.25) is 10.1 Å². The van der Waals surface area contributed by atoms with Crippen molar-refractivity contribution in [2.45, 2.75) is 27.2 Å². The fourth-order valence-electron chi connectivity index (χ4n) is 2.48. The molecule has 0 spiro atoms. The number of nitro benzene ring substituents is 1. The van der Waals surface area contributed by atoms with E-state index in [9.17, 15) is 20.0 Å². The van der Waals surface area contributed by atoms with Crippen molar-refractivity contribution in [3.05, 3.63) is 50.8 Å². The first kappa shape index (κ1) is 14.7. The number of hydrogen-bond donors (Lipinski definition) is 1. The lowest BCUT2D eigenvalue weighted by Crippen LogP contribution is -2.11. The number of carboxylic acids is 1. The van der Waals surface area contributed by atoms with Crippen molar-refractivity contribution in [3.63, 3.8) is 0 Å². The van der Waals surface area contributed by atoms with Crippen molar-refractivity contribution >= 4 is 11.7 Å². The normalized spacial score (nSPS) is 10.6. The van der Waals surface area contributed by atoms with Crippen LogP contribution in [0.3, 0.4) is 0 Å². The van der Waals surface area contributed by atoms with E-state index >= 15 is 0 Å². The number of carboxylic acid groups (broad SMARTS) is 1. The SMILES string of the molecule is CCc1c(C)nn(-c2c(C(=O)O)cccc2[N+](=O)[O-])c1C. The van der Waals surface area contributed by atoms with Crippen molar-refractivity contribution in [3.8, 4) is 5.69 Å². The maximum Gasteiger partial charge on any atom is 0.338 e. The van der Waals surface area contributed by atoms with Gasteiger partial charge in [-0.2, -0.15) is 5.10 Å². The lowest BCUT2D eigenvalue weighted by molar-refractivity contribution is -0.384. The average Bonchev–Trinajstić information content (AvgIpc) is 2.72. The molecular formula is C14H15N3O4. The zero-order chi connectivity index (χ0) is 15.7. The minimum Gasteiger partial charge on any atom is -0.478 e. The van der Waals surface area contributed by atoms with E-state index in [4.69, 9.17) is 0 Å². The minimum absolute atomic E-state index is 0.00435. The zero-order valence-electron chi connectivity index (χ0n) is 12.0. The first-order chi connectivity index (χ1) is 9.88. The molecule has 21 heavy (non-hydrogen) atoms. The molecule has 1 aromatic heterocycles. The molecule has 110 valence electrons. The van der Waals surface area contributed by atoms with Gasteiger partial charge in [-0.25, -0.2) is 9.48 Å². The van der Waals surface area contributed by atoms with Crippen molar-refractivity contribution in [1.82, 2.24) is 9.78 Å². The molecule has 1 aromatic carbocycles. The van der Waals surface area contributed by atoms with Crippen molar-refractivity contribution in [2.24, 2.45) is 0 Å². The van der Waals surface area contributed by atoms with Gasteiger partial charge >= 0.3 is 5.97 Å². The summed E-state index contributed by atoms with van der Waals surface area (Å²) in [4.78, 5) is 22.0. The maximum absolute atomic E-state index is 11.4. The molecule has 0 fully saturated rings. The van der Waals surface area contributed by atoms with Crippen LogP contribution in [0.5, 0.6) is 0 Å². The van der Waals surface area contributed by atoms with Gasteiger partial charge in [0.2, 0.25) is 0 Å². The van der Waals surface area contributed by atoms with E-state index in [-0.39, 0.29) is 16.9 Å². The first-order valence-corrected chi connectivity index (χ1v) is 6.44. The van der Waals surface area contributed by atoms with Crippen LogP contribution in [0.2, 0.25) is 0 Å². The summed E-state index contributed by atoms with van der Waals surface area (Å²) in [7, 11) is 0. The van der Waals surface area contributed by atoms with Gasteiger partial charge in [0, 0.05) is 11.8 Å². The average molecular weight is 289 g/mol. The molecule has 0 radical (unpaired) electrons. The summed E-state index contributed by atoms with van der Waals surface area (Å²) in [5.41, 5.74) is 2.00. The number of nitrogens with zero attached hydrogens (tertiary/aromatic N) is 3. The predicted octanol–water partition coefficient (Wildman–Crippen LogP) is 2.66. The van der Waals surface area contributed by atoms with E-state index in [0.717, 1.165) is 17.7 Å². The van der Waals surface area contributed by atoms with Crippen molar-refractivity contribution < 1.29 is 14.8 Å². The molecule has 2 aromatic rings. The Bertz CT molecular complexity index is 702. The Kier molecular flexibility index (Phi) is 3.75. The van der Waals surface area contributed by atoms with Crippen LogP contribution in [0.25, 0.3) is 5.69 Å². The highest BCUT2D eigenvalue weighted by atomic mass is 16.6. The fourth-order valence-corrected chi connectivity index (χ4v) is 2.48. The lowest BCUT2D eigenvalue weighted by Gasteiger charge is -2.09. The van der Waals surface area contributed by atoms with Gasteiger partial charge in [-0.15, -0.1) is 0 Å². The number of aromatic nitrogens is 2. The molecule has 0 bridgehead atoms. The zero-order valence-corrected chi connectivity index (χ0v) is 12.0. The monoisotopic (exact) mass is 289 g/mol. The van der Waals surface area contributed by atoms with Gasteiger partial charge in [-0.1, -0.05) is 13.0 Å². The Morgan fingerprint density at radius 1 is 1.43 bits per heavy atom. The second kappa shape index (κ2) is 5.35. The molecule has 0 saturated carbocycles. The molecule has 0 aliphatic heterocycles. The molecular weight excluding hydrogens is 274 g/mol. The molecule has 2 rings (SSSR count). The van der Waals surface area contributed by atoms with E-state index in [1.807, 2.05) is 6.92 Å². The summed E-state index contributed by atoms with van der Waals surface area (Å²) in [5.74, 6) is -1.22. The number of aryl methyl sites for hydroxylation is 1. The molecule has 1 N–H and O–H groups in total. The van der Waals surface area contributed by atoms with Crippen LogP contribution in [0.1, 0.15) is 34.2 Å². The number of carbonyl (C=O) groups is 1. The second-order valence-electron chi connectivity index (χ2n) is 4.65. The van der Waals surface area contributed by atoms with E-state index in [1.54, 1.807) is 13.8 Å². The second-order valence-corrected chi connectivity index (χ2v) is 4.65. The number of nitro groups is 1. The van der Waals surface area contributed by atoms with Gasteiger partial charge in [-0.05, 0) is 31.9 Å². The molecule has 0 unspecified atom stereocenters. The number of para-hydroxylation sites is 1. The van der Waals surface area contributed by atoms with Crippen LogP contribution >= 0.6 is 0 Å². The molecule has 0 saturated heterocycles. The standard InChI is InChI=1S/C14H15N3O4/c1-4-10-8(2)15-16(9(10)3)13-11(14(18)19)6-5-7-12(13)17(20)21/h5-7H,4H2,1-3H3,(H,18,19). The molecule has 0 amide bonds. The molecule has 7 heteroatoms. The van der Waals surface area contributed by atoms with Crippen LogP contribution in [0.4, 0.5) is 5.69 Å². The third-order valence-corrected chi connectivity index (χ3v) is 3.45. The summed E-state index contributed by atoms with van der Waals surface area (Å²) in [6, 6.07) is 3.98. The van der Waals surface area contributed by atoms with Gasteiger partial charge < -0.3 is 5.11 Å². The van der Waals surface area contributed by atoms with Gasteiger partial charge in [0.1, 0.15) is 0 Å². The Morgan fingerprint density at radius 2 is 2.10 bits per heavy atom. The Hall–Kier alpha value is -2.70. The lowest BCUT2D eigenvalue weighted by atomic mass is 10.1. The summed E-state index contributed by atoms with van der Waals surface area (Å²) in [5, 5.41) is 24.8.